The van der Waals surface area contributed by atoms with Crippen molar-refractivity contribution >= 4 is 66.6 Å². The average Bonchev–Trinajstić information content (AvgIpc) is 2.76. The van der Waals surface area contributed by atoms with Gasteiger partial charge >= 0.3 is 0 Å². The van der Waals surface area contributed by atoms with E-state index in [9.17, 15) is 13.2 Å². The summed E-state index contributed by atoms with van der Waals surface area (Å²) in [6.07, 6.45) is 1.93. The fourth-order valence-electron chi connectivity index (χ4n) is 2.64. The molecule has 5 nitrogen and oxygen atoms in total. The van der Waals surface area contributed by atoms with Crippen molar-refractivity contribution in [3.05, 3.63) is 81.8 Å². The first-order valence-corrected chi connectivity index (χ1v) is 12.6. The molecule has 0 heterocycles. The number of carbonyl (C=O) groups is 1. The maximum absolute atomic E-state index is 12.9. The normalized spacial score (nSPS) is 11.2. The first kappa shape index (κ1) is 22.7. The molecule has 0 aliphatic rings. The lowest BCUT2D eigenvalue weighted by molar-refractivity contribution is 0.102. The molecule has 0 bridgehead atoms. The minimum absolute atomic E-state index is 0.205. The number of hydrogen-bond donors (Lipinski definition) is 1. The third-order valence-corrected chi connectivity index (χ3v) is 8.16. The number of halogens is 2. The molecule has 1 amide bonds. The van der Waals surface area contributed by atoms with Crippen LogP contribution in [0.3, 0.4) is 0 Å². The summed E-state index contributed by atoms with van der Waals surface area (Å²) in [6, 6.07) is 18.2. The number of anilines is 2. The molecule has 0 spiro atoms. The van der Waals surface area contributed by atoms with E-state index < -0.39 is 10.0 Å². The number of hydrogen-bond acceptors (Lipinski definition) is 4. The highest BCUT2D eigenvalue weighted by Gasteiger charge is 2.21. The minimum Gasteiger partial charge on any atom is -0.322 e. The van der Waals surface area contributed by atoms with Gasteiger partial charge in [0.2, 0.25) is 0 Å². The van der Waals surface area contributed by atoms with Gasteiger partial charge in [-0.05, 0) is 88.9 Å². The lowest BCUT2D eigenvalue weighted by atomic mass is 10.2. The fraction of sp³-hybridized carbons (Fsp3) is 0.0952. The first-order chi connectivity index (χ1) is 14.2. The Bertz CT molecular complexity index is 1170. The molecule has 30 heavy (non-hydrogen) atoms. The van der Waals surface area contributed by atoms with Crippen LogP contribution in [0.4, 0.5) is 11.4 Å². The van der Waals surface area contributed by atoms with E-state index in [2.05, 4.69) is 21.2 Å². The summed E-state index contributed by atoms with van der Waals surface area (Å²) in [5, 5.41) is 3.25. The van der Waals surface area contributed by atoms with E-state index in [1.54, 1.807) is 78.5 Å². The molecule has 0 atom stereocenters. The second kappa shape index (κ2) is 9.43. The van der Waals surface area contributed by atoms with Gasteiger partial charge in [-0.15, -0.1) is 11.8 Å². The summed E-state index contributed by atoms with van der Waals surface area (Å²) >= 11 is 10.9. The minimum atomic E-state index is -3.70. The monoisotopic (exact) mass is 524 g/mol. The molecule has 0 aliphatic heterocycles. The van der Waals surface area contributed by atoms with E-state index in [-0.39, 0.29) is 10.8 Å². The molecular formula is C21H18BrClN2O3S2. The van der Waals surface area contributed by atoms with Gasteiger partial charge in [-0.2, -0.15) is 0 Å². The van der Waals surface area contributed by atoms with Crippen molar-refractivity contribution in [2.24, 2.45) is 0 Å². The van der Waals surface area contributed by atoms with E-state index in [4.69, 9.17) is 11.6 Å². The van der Waals surface area contributed by atoms with Crippen LogP contribution in [-0.2, 0) is 10.0 Å². The largest absolute Gasteiger partial charge is 0.322 e. The van der Waals surface area contributed by atoms with Crippen LogP contribution in [0.15, 0.2) is 81.0 Å². The molecule has 156 valence electrons. The van der Waals surface area contributed by atoms with Crippen molar-refractivity contribution in [1.29, 1.82) is 0 Å². The molecular weight excluding hydrogens is 508 g/mol. The molecule has 3 aromatic carbocycles. The number of nitrogens with zero attached hydrogens (tertiary/aromatic N) is 1. The van der Waals surface area contributed by atoms with Crippen LogP contribution >= 0.6 is 39.3 Å². The summed E-state index contributed by atoms with van der Waals surface area (Å²) in [5.74, 6) is -0.321. The molecule has 0 fully saturated rings. The van der Waals surface area contributed by atoms with Gasteiger partial charge in [0, 0.05) is 27.7 Å². The molecule has 0 aromatic heterocycles. The van der Waals surface area contributed by atoms with Gasteiger partial charge in [0.05, 0.1) is 15.6 Å². The highest BCUT2D eigenvalue weighted by atomic mass is 79.9. The van der Waals surface area contributed by atoms with Crippen LogP contribution < -0.4 is 9.62 Å². The number of rotatable bonds is 6. The van der Waals surface area contributed by atoms with Gasteiger partial charge in [-0.3, -0.25) is 9.10 Å². The van der Waals surface area contributed by atoms with Crippen LogP contribution in [0.5, 0.6) is 0 Å². The number of benzene rings is 3. The number of sulfonamides is 1. The van der Waals surface area contributed by atoms with E-state index in [1.165, 1.54) is 11.4 Å². The van der Waals surface area contributed by atoms with Crippen molar-refractivity contribution in [2.75, 3.05) is 22.9 Å². The molecule has 0 unspecified atom stereocenters. The summed E-state index contributed by atoms with van der Waals surface area (Å²) in [6.45, 7) is 0. The zero-order chi connectivity index (χ0) is 21.9. The SMILES string of the molecule is CSc1ccc(S(=O)(=O)N(C)c2ccc(C(=O)Nc3ccc(Br)c(Cl)c3)cc2)cc1. The Morgan fingerprint density at radius 3 is 2.23 bits per heavy atom. The van der Waals surface area contributed by atoms with Gasteiger partial charge in [-0.1, -0.05) is 11.6 Å². The van der Waals surface area contributed by atoms with Crippen molar-refractivity contribution in [3.8, 4) is 0 Å². The third kappa shape index (κ3) is 5.00. The molecule has 0 saturated heterocycles. The number of nitrogens with one attached hydrogen (secondary N) is 1. The molecule has 9 heteroatoms. The smallest absolute Gasteiger partial charge is 0.264 e. The summed E-state index contributed by atoms with van der Waals surface area (Å²) in [7, 11) is -2.22. The Morgan fingerprint density at radius 2 is 1.67 bits per heavy atom. The van der Waals surface area contributed by atoms with Gasteiger partial charge in [0.1, 0.15) is 0 Å². The van der Waals surface area contributed by atoms with Crippen LogP contribution in [0.1, 0.15) is 10.4 Å². The molecule has 0 radical (unpaired) electrons. The zero-order valence-electron chi connectivity index (χ0n) is 16.1. The predicted molar refractivity (Wildman–Crippen MR) is 127 cm³/mol. The molecule has 0 aliphatic carbocycles. The second-order valence-electron chi connectivity index (χ2n) is 6.28. The van der Waals surface area contributed by atoms with E-state index in [0.29, 0.717) is 22.0 Å². The Hall–Kier alpha value is -2.00. The maximum Gasteiger partial charge on any atom is 0.264 e. The van der Waals surface area contributed by atoms with Gasteiger partial charge in [-0.25, -0.2) is 8.42 Å². The summed E-state index contributed by atoms with van der Waals surface area (Å²) in [4.78, 5) is 13.7. The van der Waals surface area contributed by atoms with Crippen LogP contribution in [-0.4, -0.2) is 27.6 Å². The van der Waals surface area contributed by atoms with E-state index >= 15 is 0 Å². The van der Waals surface area contributed by atoms with E-state index in [1.807, 2.05) is 6.26 Å². The molecule has 3 aromatic rings. The summed E-state index contributed by atoms with van der Waals surface area (Å²) in [5.41, 5.74) is 1.41. The third-order valence-electron chi connectivity index (χ3n) is 4.39. The van der Waals surface area contributed by atoms with Crippen molar-refractivity contribution < 1.29 is 13.2 Å². The second-order valence-corrected chi connectivity index (χ2v) is 10.4. The topological polar surface area (TPSA) is 66.5 Å². The molecule has 0 saturated carbocycles. The quantitative estimate of drug-likeness (QED) is 0.407. The number of thioether (sulfide) groups is 1. The number of amides is 1. The van der Waals surface area contributed by atoms with Crippen LogP contribution in [0, 0.1) is 0 Å². The Balaban J connectivity index is 1.76. The Kier molecular flexibility index (Phi) is 7.13. The lowest BCUT2D eigenvalue weighted by Gasteiger charge is -2.20. The summed E-state index contributed by atoms with van der Waals surface area (Å²) < 4.78 is 27.7. The molecule has 1 N–H and O–H groups in total. The first-order valence-electron chi connectivity index (χ1n) is 8.72. The fourth-order valence-corrected chi connectivity index (χ4v) is 4.68. The predicted octanol–water partition coefficient (Wildman–Crippen LogP) is 5.90. The maximum atomic E-state index is 12.9. The zero-order valence-corrected chi connectivity index (χ0v) is 20.1. The standard InChI is InChI=1S/C21H18BrClN2O3S2/c1-25(30(27,28)18-10-8-17(29-2)9-11-18)16-6-3-14(4-7-16)21(26)24-15-5-12-19(22)20(23)13-15/h3-13H,1-2H3,(H,24,26). The van der Waals surface area contributed by atoms with Crippen LogP contribution in [0.25, 0.3) is 0 Å². The molecule has 3 rings (SSSR count). The van der Waals surface area contributed by atoms with Gasteiger partial charge < -0.3 is 5.32 Å². The van der Waals surface area contributed by atoms with Crippen molar-refractivity contribution in [3.63, 3.8) is 0 Å². The Morgan fingerprint density at radius 1 is 1.03 bits per heavy atom. The highest BCUT2D eigenvalue weighted by Crippen LogP contribution is 2.27. The van der Waals surface area contributed by atoms with Gasteiger partial charge in [0.15, 0.2) is 0 Å². The van der Waals surface area contributed by atoms with Crippen molar-refractivity contribution in [2.45, 2.75) is 9.79 Å². The highest BCUT2D eigenvalue weighted by molar-refractivity contribution is 9.10. The number of carbonyl (C=O) groups excluding carboxylic acids is 1. The Labute approximate surface area is 193 Å². The average molecular weight is 526 g/mol. The lowest BCUT2D eigenvalue weighted by Crippen LogP contribution is -2.26. The van der Waals surface area contributed by atoms with Crippen LogP contribution in [0.2, 0.25) is 5.02 Å². The van der Waals surface area contributed by atoms with E-state index in [0.717, 1.165) is 9.37 Å². The van der Waals surface area contributed by atoms with Gasteiger partial charge in [0.25, 0.3) is 15.9 Å². The van der Waals surface area contributed by atoms with Crippen molar-refractivity contribution in [1.82, 2.24) is 0 Å².